The number of hydrogen-bond acceptors (Lipinski definition) is 5. The first kappa shape index (κ1) is 19.7. The molecule has 0 aliphatic carbocycles. The monoisotopic (exact) mass is 398 g/mol. The lowest BCUT2D eigenvalue weighted by Gasteiger charge is -2.36. The predicted octanol–water partition coefficient (Wildman–Crippen LogP) is 2.81. The number of anilines is 1. The Morgan fingerprint density at radius 1 is 1.07 bits per heavy atom. The minimum Gasteiger partial charge on any atom is -0.423 e. The highest BCUT2D eigenvalue weighted by Crippen LogP contribution is 2.28. The van der Waals surface area contributed by atoms with Crippen LogP contribution in [0, 0.1) is 11.8 Å². The molecule has 156 valence electrons. The van der Waals surface area contributed by atoms with E-state index >= 15 is 0 Å². The van der Waals surface area contributed by atoms with Gasteiger partial charge in [-0.3, -0.25) is 9.59 Å². The largest absolute Gasteiger partial charge is 0.423 e. The number of amides is 2. The Labute approximate surface area is 171 Å². The second kappa shape index (κ2) is 8.84. The van der Waals surface area contributed by atoms with Crippen molar-refractivity contribution in [3.8, 4) is 0 Å². The maximum Gasteiger partial charge on any atom is 0.298 e. The van der Waals surface area contributed by atoms with Gasteiger partial charge in [-0.1, -0.05) is 19.1 Å². The van der Waals surface area contributed by atoms with Crippen LogP contribution in [0.25, 0.3) is 11.1 Å². The van der Waals surface area contributed by atoms with Gasteiger partial charge in [0.1, 0.15) is 5.52 Å². The molecule has 0 saturated carbocycles. The Morgan fingerprint density at radius 2 is 1.76 bits per heavy atom. The fourth-order valence-corrected chi connectivity index (χ4v) is 4.33. The van der Waals surface area contributed by atoms with E-state index in [0.717, 1.165) is 62.8 Å². The lowest BCUT2D eigenvalue weighted by molar-refractivity contribution is -0.139. The molecule has 2 fully saturated rings. The average molecular weight is 399 g/mol. The van der Waals surface area contributed by atoms with Crippen molar-refractivity contribution in [3.63, 3.8) is 0 Å². The molecule has 0 radical (unpaired) electrons. The summed E-state index contributed by atoms with van der Waals surface area (Å²) in [6.45, 7) is 5.72. The summed E-state index contributed by atoms with van der Waals surface area (Å²) in [7, 11) is 0. The molecule has 7 heteroatoms. The van der Waals surface area contributed by atoms with Crippen LogP contribution in [-0.4, -0.2) is 54.4 Å². The van der Waals surface area contributed by atoms with Gasteiger partial charge in [0, 0.05) is 44.6 Å². The second-order valence-corrected chi connectivity index (χ2v) is 8.12. The number of hydrogen-bond donors (Lipinski definition) is 1. The lowest BCUT2D eigenvalue weighted by Crippen LogP contribution is -2.47. The van der Waals surface area contributed by atoms with Crippen molar-refractivity contribution in [1.82, 2.24) is 15.2 Å². The van der Waals surface area contributed by atoms with E-state index in [4.69, 9.17) is 4.42 Å². The minimum absolute atomic E-state index is 0.0478. The maximum absolute atomic E-state index is 13.0. The van der Waals surface area contributed by atoms with Crippen molar-refractivity contribution in [3.05, 3.63) is 24.3 Å². The van der Waals surface area contributed by atoms with Gasteiger partial charge in [-0.25, -0.2) is 0 Å². The molecular formula is C22H30N4O3. The molecule has 29 heavy (non-hydrogen) atoms. The van der Waals surface area contributed by atoms with Crippen molar-refractivity contribution in [1.29, 1.82) is 0 Å². The third-order valence-electron chi connectivity index (χ3n) is 6.12. The highest BCUT2D eigenvalue weighted by atomic mass is 16.4. The summed E-state index contributed by atoms with van der Waals surface area (Å²) in [5, 5.41) is 2.98. The molecule has 0 atom stereocenters. The zero-order valence-corrected chi connectivity index (χ0v) is 17.1. The Balaban J connectivity index is 1.26. The van der Waals surface area contributed by atoms with Crippen LogP contribution in [0.4, 0.5) is 6.01 Å². The summed E-state index contributed by atoms with van der Waals surface area (Å²) >= 11 is 0. The molecule has 3 heterocycles. The number of aromatic nitrogens is 1. The van der Waals surface area contributed by atoms with Crippen molar-refractivity contribution >= 4 is 28.9 Å². The van der Waals surface area contributed by atoms with Gasteiger partial charge in [-0.05, 0) is 44.2 Å². The van der Waals surface area contributed by atoms with Gasteiger partial charge in [-0.2, -0.15) is 4.98 Å². The molecule has 2 amide bonds. The molecule has 2 aliphatic rings. The van der Waals surface area contributed by atoms with E-state index in [-0.39, 0.29) is 23.7 Å². The number of nitrogens with zero attached hydrogens (tertiary/aromatic N) is 3. The highest BCUT2D eigenvalue weighted by molar-refractivity contribution is 5.81. The lowest BCUT2D eigenvalue weighted by atomic mass is 9.91. The summed E-state index contributed by atoms with van der Waals surface area (Å²) in [5.41, 5.74) is 1.66. The number of carbonyl (C=O) groups excluding carboxylic acids is 2. The van der Waals surface area contributed by atoms with E-state index in [9.17, 15) is 9.59 Å². The van der Waals surface area contributed by atoms with Crippen molar-refractivity contribution < 1.29 is 14.0 Å². The Hall–Kier alpha value is -2.57. The summed E-state index contributed by atoms with van der Waals surface area (Å²) < 4.78 is 5.86. The Bertz CT molecular complexity index is 816. The number of piperidine rings is 2. The smallest absolute Gasteiger partial charge is 0.298 e. The van der Waals surface area contributed by atoms with Crippen LogP contribution in [-0.2, 0) is 9.59 Å². The number of fused-ring (bicyclic) bond motifs is 1. The SMILES string of the molecule is CCCNC(=O)C1CCN(C(=O)C2CCN(c3nc4ccccc4o3)CC2)CC1. The number of oxazole rings is 1. The molecule has 1 N–H and O–H groups in total. The van der Waals surface area contributed by atoms with Crippen LogP contribution >= 0.6 is 0 Å². The van der Waals surface area contributed by atoms with Crippen molar-refractivity contribution in [2.75, 3.05) is 37.6 Å². The third kappa shape index (κ3) is 4.38. The van der Waals surface area contributed by atoms with Gasteiger partial charge in [0.25, 0.3) is 6.01 Å². The van der Waals surface area contributed by atoms with Gasteiger partial charge in [0.15, 0.2) is 5.58 Å². The first-order valence-corrected chi connectivity index (χ1v) is 10.8. The van der Waals surface area contributed by atoms with Crippen LogP contribution in [0.15, 0.2) is 28.7 Å². The van der Waals surface area contributed by atoms with Gasteiger partial charge in [0.2, 0.25) is 11.8 Å². The molecule has 2 aromatic rings. The zero-order valence-electron chi connectivity index (χ0n) is 17.1. The normalized spacial score (nSPS) is 18.9. The molecule has 0 bridgehead atoms. The van der Waals surface area contributed by atoms with E-state index < -0.39 is 0 Å². The molecule has 0 spiro atoms. The van der Waals surface area contributed by atoms with E-state index in [0.29, 0.717) is 19.1 Å². The fourth-order valence-electron chi connectivity index (χ4n) is 4.33. The fraction of sp³-hybridized carbons (Fsp3) is 0.591. The van der Waals surface area contributed by atoms with Crippen LogP contribution in [0.5, 0.6) is 0 Å². The summed E-state index contributed by atoms with van der Waals surface area (Å²) in [4.78, 5) is 33.8. The quantitative estimate of drug-likeness (QED) is 0.838. The second-order valence-electron chi connectivity index (χ2n) is 8.12. The molecular weight excluding hydrogens is 368 g/mol. The summed E-state index contributed by atoms with van der Waals surface area (Å²) in [5.74, 6) is 0.493. The highest BCUT2D eigenvalue weighted by Gasteiger charge is 2.33. The van der Waals surface area contributed by atoms with E-state index in [1.807, 2.05) is 29.2 Å². The molecule has 2 aliphatic heterocycles. The van der Waals surface area contributed by atoms with E-state index in [2.05, 4.69) is 22.1 Å². The predicted molar refractivity (Wildman–Crippen MR) is 112 cm³/mol. The van der Waals surface area contributed by atoms with E-state index in [1.165, 1.54) is 0 Å². The summed E-state index contributed by atoms with van der Waals surface area (Å²) in [6.07, 6.45) is 4.11. The number of nitrogens with one attached hydrogen (secondary N) is 1. The van der Waals surface area contributed by atoms with Gasteiger partial charge >= 0.3 is 0 Å². The Morgan fingerprint density at radius 3 is 2.45 bits per heavy atom. The molecule has 1 aromatic heterocycles. The van der Waals surface area contributed by atoms with E-state index in [1.54, 1.807) is 0 Å². The van der Waals surface area contributed by atoms with Crippen molar-refractivity contribution in [2.24, 2.45) is 11.8 Å². The van der Waals surface area contributed by atoms with Crippen molar-refractivity contribution in [2.45, 2.75) is 39.0 Å². The zero-order chi connectivity index (χ0) is 20.2. The van der Waals surface area contributed by atoms with Crippen LogP contribution < -0.4 is 10.2 Å². The number of likely N-dealkylation sites (tertiary alicyclic amines) is 1. The van der Waals surface area contributed by atoms with Crippen LogP contribution in [0.3, 0.4) is 0 Å². The topological polar surface area (TPSA) is 78.7 Å². The molecule has 2 saturated heterocycles. The van der Waals surface area contributed by atoms with Crippen LogP contribution in [0.1, 0.15) is 39.0 Å². The van der Waals surface area contributed by atoms with Gasteiger partial charge < -0.3 is 19.5 Å². The molecule has 7 nitrogen and oxygen atoms in total. The molecule has 4 rings (SSSR count). The average Bonchev–Trinajstić information content (AvgIpc) is 3.21. The molecule has 0 unspecified atom stereocenters. The van der Waals surface area contributed by atoms with Gasteiger partial charge in [0.05, 0.1) is 0 Å². The summed E-state index contributed by atoms with van der Waals surface area (Å²) in [6, 6.07) is 8.42. The number of benzene rings is 1. The first-order chi connectivity index (χ1) is 14.2. The number of rotatable bonds is 5. The number of para-hydroxylation sites is 2. The van der Waals surface area contributed by atoms with Gasteiger partial charge in [-0.15, -0.1) is 0 Å². The molecule has 1 aromatic carbocycles. The third-order valence-corrected chi connectivity index (χ3v) is 6.12. The first-order valence-electron chi connectivity index (χ1n) is 10.8. The van der Waals surface area contributed by atoms with Crippen LogP contribution in [0.2, 0.25) is 0 Å². The standard InChI is InChI=1S/C22H30N4O3/c1-2-11-23-20(27)16-7-12-25(13-8-16)21(28)17-9-14-26(15-10-17)22-24-18-5-3-4-6-19(18)29-22/h3-6,16-17H,2,7-15H2,1H3,(H,23,27). The Kier molecular flexibility index (Phi) is 6.02. The maximum atomic E-state index is 13.0. The minimum atomic E-state index is 0.0478. The number of carbonyl (C=O) groups is 2.